The molecule has 0 atom stereocenters. The van der Waals surface area contributed by atoms with Crippen molar-refractivity contribution in [2.24, 2.45) is 0 Å². The summed E-state index contributed by atoms with van der Waals surface area (Å²) in [6.07, 6.45) is 2.44. The monoisotopic (exact) mass is 505 g/mol. The summed E-state index contributed by atoms with van der Waals surface area (Å²) in [6.45, 7) is 2.10. The maximum Gasteiger partial charge on any atom is 0.169 e. The van der Waals surface area contributed by atoms with Crippen molar-refractivity contribution >= 4 is 10.8 Å². The molecular weight excluding hydrogens is 474 g/mol. The Balaban J connectivity index is 1.61. The van der Waals surface area contributed by atoms with Crippen molar-refractivity contribution in [3.63, 3.8) is 0 Å². The van der Waals surface area contributed by atoms with Gasteiger partial charge in [-0.3, -0.25) is 4.98 Å². The smallest absolute Gasteiger partial charge is 0.169 e. The lowest BCUT2D eigenvalue weighted by molar-refractivity contribution is 0.354. The predicted molar refractivity (Wildman–Crippen MR) is 153 cm³/mol. The highest BCUT2D eigenvalue weighted by molar-refractivity contribution is 5.98. The Morgan fingerprint density at radius 2 is 1.21 bits per heavy atom. The van der Waals surface area contributed by atoms with Crippen molar-refractivity contribution in [2.45, 2.75) is 13.3 Å². The van der Waals surface area contributed by atoms with Crippen LogP contribution in [0.2, 0.25) is 0 Å². The third-order valence-corrected chi connectivity index (χ3v) is 6.87. The number of methoxy groups -OCH3 is 4. The van der Waals surface area contributed by atoms with Crippen LogP contribution in [0.4, 0.5) is 0 Å². The van der Waals surface area contributed by atoms with Gasteiger partial charge in [0.25, 0.3) is 0 Å². The van der Waals surface area contributed by atoms with Gasteiger partial charge < -0.3 is 18.9 Å². The van der Waals surface area contributed by atoms with Crippen molar-refractivity contribution in [1.82, 2.24) is 4.98 Å². The van der Waals surface area contributed by atoms with Crippen molar-refractivity contribution in [1.29, 1.82) is 0 Å². The summed E-state index contributed by atoms with van der Waals surface area (Å²) in [5, 5.41) is 1.97. The third-order valence-electron chi connectivity index (χ3n) is 6.87. The zero-order valence-electron chi connectivity index (χ0n) is 22.4. The summed E-state index contributed by atoms with van der Waals surface area (Å²) in [4.78, 5) is 4.76. The van der Waals surface area contributed by atoms with Gasteiger partial charge in [-0.1, -0.05) is 60.2 Å². The minimum Gasteiger partial charge on any atom is -0.493 e. The molecule has 0 saturated heterocycles. The summed E-state index contributed by atoms with van der Waals surface area (Å²) in [5.74, 6) is 2.79. The second kappa shape index (κ2) is 10.9. The molecule has 0 aliphatic heterocycles. The second-order valence-corrected chi connectivity index (χ2v) is 9.15. The molecule has 1 aromatic heterocycles. The van der Waals surface area contributed by atoms with Crippen LogP contribution in [0.5, 0.6) is 23.0 Å². The number of nitrogens with zero attached hydrogens (tertiary/aromatic N) is 1. The lowest BCUT2D eigenvalue weighted by atomic mass is 9.95. The van der Waals surface area contributed by atoms with Crippen LogP contribution in [0.3, 0.4) is 0 Å². The number of aryl methyl sites for hydroxylation is 1. The molecule has 5 nitrogen and oxygen atoms in total. The van der Waals surface area contributed by atoms with Gasteiger partial charge in [-0.25, -0.2) is 0 Å². The number of aromatic nitrogens is 1. The number of benzene rings is 4. The fourth-order valence-corrected chi connectivity index (χ4v) is 4.86. The Labute approximate surface area is 223 Å². The van der Waals surface area contributed by atoms with E-state index in [2.05, 4.69) is 61.5 Å². The van der Waals surface area contributed by atoms with Gasteiger partial charge in [0.05, 0.1) is 34.1 Å². The van der Waals surface area contributed by atoms with Crippen molar-refractivity contribution in [3.8, 4) is 45.3 Å². The SMILES string of the molecule is COc1ccc(Cc2nccc3c(OC)c(OC)c(-c4ccc(-c5ccc(C)cc5)cc4)cc23)cc1OC. The molecule has 0 aliphatic rings. The molecule has 1 heterocycles. The molecule has 0 saturated carbocycles. The molecule has 192 valence electrons. The summed E-state index contributed by atoms with van der Waals surface area (Å²) in [7, 11) is 6.64. The van der Waals surface area contributed by atoms with E-state index in [1.807, 2.05) is 30.5 Å². The first kappa shape index (κ1) is 25.2. The summed E-state index contributed by atoms with van der Waals surface area (Å²) in [5.41, 5.74) is 7.60. The topological polar surface area (TPSA) is 49.8 Å². The van der Waals surface area contributed by atoms with E-state index in [0.717, 1.165) is 38.7 Å². The van der Waals surface area contributed by atoms with E-state index >= 15 is 0 Å². The first-order chi connectivity index (χ1) is 18.6. The molecule has 0 N–H and O–H groups in total. The summed E-state index contributed by atoms with van der Waals surface area (Å²) < 4.78 is 22.7. The molecular formula is C33H31NO4. The van der Waals surface area contributed by atoms with E-state index < -0.39 is 0 Å². The summed E-state index contributed by atoms with van der Waals surface area (Å²) in [6, 6.07) is 27.2. The lowest BCUT2D eigenvalue weighted by Crippen LogP contribution is -2.00. The molecule has 0 unspecified atom stereocenters. The number of hydrogen-bond acceptors (Lipinski definition) is 5. The normalized spacial score (nSPS) is 10.9. The maximum atomic E-state index is 5.90. The van der Waals surface area contributed by atoms with Crippen molar-refractivity contribution in [3.05, 3.63) is 102 Å². The highest BCUT2D eigenvalue weighted by Crippen LogP contribution is 2.45. The number of rotatable bonds is 8. The van der Waals surface area contributed by atoms with Gasteiger partial charge in [0.2, 0.25) is 0 Å². The van der Waals surface area contributed by atoms with Crippen LogP contribution in [-0.4, -0.2) is 33.4 Å². The largest absolute Gasteiger partial charge is 0.493 e. The average Bonchev–Trinajstić information content (AvgIpc) is 2.96. The Morgan fingerprint density at radius 3 is 1.84 bits per heavy atom. The van der Waals surface area contributed by atoms with Crippen LogP contribution < -0.4 is 18.9 Å². The number of pyridine rings is 1. The van der Waals surface area contributed by atoms with E-state index in [1.54, 1.807) is 28.4 Å². The van der Waals surface area contributed by atoms with Gasteiger partial charge in [-0.2, -0.15) is 0 Å². The van der Waals surface area contributed by atoms with Gasteiger partial charge in [0, 0.05) is 29.0 Å². The fraction of sp³-hybridized carbons (Fsp3) is 0.182. The Bertz CT molecular complexity index is 1570. The van der Waals surface area contributed by atoms with Gasteiger partial charge >= 0.3 is 0 Å². The van der Waals surface area contributed by atoms with E-state index in [0.29, 0.717) is 29.4 Å². The highest BCUT2D eigenvalue weighted by atomic mass is 16.5. The predicted octanol–water partition coefficient (Wildman–Crippen LogP) is 7.50. The fourth-order valence-electron chi connectivity index (χ4n) is 4.86. The van der Waals surface area contributed by atoms with Crippen molar-refractivity contribution in [2.75, 3.05) is 28.4 Å². The van der Waals surface area contributed by atoms with Crippen LogP contribution in [0, 0.1) is 6.92 Å². The number of fused-ring (bicyclic) bond motifs is 1. The van der Waals surface area contributed by atoms with E-state index in [9.17, 15) is 0 Å². The van der Waals surface area contributed by atoms with Crippen LogP contribution in [0.1, 0.15) is 16.8 Å². The standard InChI is InChI=1S/C33H31NO4/c1-21-6-9-23(10-7-21)24-11-13-25(14-12-24)27-20-28-26(32(37-4)33(27)38-5)16-17-34-29(28)18-22-8-15-30(35-2)31(19-22)36-3/h6-17,19-20H,18H2,1-5H3. The lowest BCUT2D eigenvalue weighted by Gasteiger charge is -2.18. The minimum absolute atomic E-state index is 0.624. The van der Waals surface area contributed by atoms with Gasteiger partial charge in [-0.15, -0.1) is 0 Å². The molecule has 5 heteroatoms. The zero-order chi connectivity index (χ0) is 26.6. The second-order valence-electron chi connectivity index (χ2n) is 9.15. The molecule has 0 radical (unpaired) electrons. The van der Waals surface area contributed by atoms with Crippen LogP contribution in [0.25, 0.3) is 33.0 Å². The van der Waals surface area contributed by atoms with E-state index in [4.69, 9.17) is 23.9 Å². The van der Waals surface area contributed by atoms with E-state index in [1.165, 1.54) is 11.1 Å². The van der Waals surface area contributed by atoms with Crippen LogP contribution in [-0.2, 0) is 6.42 Å². The van der Waals surface area contributed by atoms with Crippen molar-refractivity contribution < 1.29 is 18.9 Å². The minimum atomic E-state index is 0.624. The molecule has 5 rings (SSSR count). The zero-order valence-corrected chi connectivity index (χ0v) is 22.4. The Kier molecular flexibility index (Phi) is 7.18. The number of hydrogen-bond donors (Lipinski definition) is 0. The van der Waals surface area contributed by atoms with Gasteiger partial charge in [0.15, 0.2) is 23.0 Å². The Hall–Kier alpha value is -4.51. The molecule has 5 aromatic rings. The number of ether oxygens (including phenoxy) is 4. The maximum absolute atomic E-state index is 5.90. The quantitative estimate of drug-likeness (QED) is 0.218. The Morgan fingerprint density at radius 1 is 0.579 bits per heavy atom. The molecule has 38 heavy (non-hydrogen) atoms. The molecule has 0 fully saturated rings. The molecule has 4 aromatic carbocycles. The first-order valence-electron chi connectivity index (χ1n) is 12.5. The molecule has 0 bridgehead atoms. The molecule has 0 amide bonds. The average molecular weight is 506 g/mol. The van der Waals surface area contributed by atoms with Gasteiger partial charge in [-0.05, 0) is 53.4 Å². The van der Waals surface area contributed by atoms with Crippen LogP contribution in [0.15, 0.2) is 85.1 Å². The highest BCUT2D eigenvalue weighted by Gasteiger charge is 2.19. The molecule has 0 aliphatic carbocycles. The summed E-state index contributed by atoms with van der Waals surface area (Å²) >= 11 is 0. The van der Waals surface area contributed by atoms with Crippen LogP contribution >= 0.6 is 0 Å². The first-order valence-corrected chi connectivity index (χ1v) is 12.5. The molecule has 0 spiro atoms. The third kappa shape index (κ3) is 4.75. The van der Waals surface area contributed by atoms with Gasteiger partial charge in [0.1, 0.15) is 0 Å². The van der Waals surface area contributed by atoms with E-state index in [-0.39, 0.29) is 0 Å².